The van der Waals surface area contributed by atoms with Crippen LogP contribution in [0.2, 0.25) is 0 Å². The summed E-state index contributed by atoms with van der Waals surface area (Å²) in [5.74, 6) is -0.0358. The van der Waals surface area contributed by atoms with Crippen LogP contribution in [-0.4, -0.2) is 56.0 Å². The molecule has 1 rings (SSSR count). The van der Waals surface area contributed by atoms with Gasteiger partial charge in [0.25, 0.3) is 0 Å². The highest BCUT2D eigenvalue weighted by atomic mass is 32.2. The Bertz CT molecular complexity index is 352. The standard InChI is InChI=1S/C10H19NO4S/c1-4-15-10(12)9(3)11-5-6-16(13,14)7-8(11)2/h8-9H,4-7H2,1-3H3. The van der Waals surface area contributed by atoms with Gasteiger partial charge in [-0.15, -0.1) is 0 Å². The van der Waals surface area contributed by atoms with E-state index in [1.807, 2.05) is 11.8 Å². The summed E-state index contributed by atoms with van der Waals surface area (Å²) in [6.45, 7) is 6.10. The van der Waals surface area contributed by atoms with E-state index in [9.17, 15) is 13.2 Å². The molecule has 5 nitrogen and oxygen atoms in total. The van der Waals surface area contributed by atoms with Crippen LogP contribution >= 0.6 is 0 Å². The van der Waals surface area contributed by atoms with Gasteiger partial charge in [-0.3, -0.25) is 9.69 Å². The maximum Gasteiger partial charge on any atom is 0.323 e. The van der Waals surface area contributed by atoms with Gasteiger partial charge in [-0.25, -0.2) is 8.42 Å². The third-order valence-corrected chi connectivity index (χ3v) is 4.64. The van der Waals surface area contributed by atoms with Crippen molar-refractivity contribution in [2.24, 2.45) is 0 Å². The first-order valence-electron chi connectivity index (χ1n) is 5.50. The van der Waals surface area contributed by atoms with E-state index in [1.54, 1.807) is 13.8 Å². The summed E-state index contributed by atoms with van der Waals surface area (Å²) in [4.78, 5) is 13.4. The van der Waals surface area contributed by atoms with Crippen LogP contribution in [0.25, 0.3) is 0 Å². The van der Waals surface area contributed by atoms with Crippen LogP contribution in [-0.2, 0) is 19.4 Å². The number of carbonyl (C=O) groups is 1. The molecule has 0 radical (unpaired) electrons. The van der Waals surface area contributed by atoms with E-state index < -0.39 is 9.84 Å². The zero-order chi connectivity index (χ0) is 12.3. The minimum absolute atomic E-state index is 0.122. The van der Waals surface area contributed by atoms with E-state index in [0.29, 0.717) is 13.2 Å². The zero-order valence-corrected chi connectivity index (χ0v) is 10.8. The third-order valence-electron chi connectivity index (χ3n) is 2.85. The van der Waals surface area contributed by atoms with Crippen molar-refractivity contribution < 1.29 is 17.9 Å². The van der Waals surface area contributed by atoms with Gasteiger partial charge in [0.1, 0.15) is 6.04 Å². The molecule has 1 aliphatic heterocycles. The lowest BCUT2D eigenvalue weighted by Crippen LogP contribution is -2.53. The molecule has 94 valence electrons. The molecule has 1 aliphatic rings. The number of sulfone groups is 1. The summed E-state index contributed by atoms with van der Waals surface area (Å²) >= 11 is 0. The van der Waals surface area contributed by atoms with Crippen LogP contribution in [0, 0.1) is 0 Å². The maximum absolute atomic E-state index is 11.5. The lowest BCUT2D eigenvalue weighted by Gasteiger charge is -2.36. The average Bonchev–Trinajstić information content (AvgIpc) is 2.16. The van der Waals surface area contributed by atoms with Crippen molar-refractivity contribution in [2.75, 3.05) is 24.7 Å². The van der Waals surface area contributed by atoms with Crippen molar-refractivity contribution in [3.05, 3.63) is 0 Å². The molecule has 1 heterocycles. The molecule has 2 unspecified atom stereocenters. The lowest BCUT2D eigenvalue weighted by atomic mass is 10.2. The van der Waals surface area contributed by atoms with Crippen LogP contribution in [0.5, 0.6) is 0 Å². The van der Waals surface area contributed by atoms with Crippen LogP contribution < -0.4 is 0 Å². The van der Waals surface area contributed by atoms with Crippen molar-refractivity contribution in [1.29, 1.82) is 0 Å². The highest BCUT2D eigenvalue weighted by molar-refractivity contribution is 7.91. The number of hydrogen-bond donors (Lipinski definition) is 0. The molecule has 6 heteroatoms. The lowest BCUT2D eigenvalue weighted by molar-refractivity contribution is -0.149. The van der Waals surface area contributed by atoms with Crippen molar-refractivity contribution in [1.82, 2.24) is 4.90 Å². The van der Waals surface area contributed by atoms with Crippen molar-refractivity contribution in [3.63, 3.8) is 0 Å². The normalized spacial score (nSPS) is 27.3. The van der Waals surface area contributed by atoms with Gasteiger partial charge in [0.15, 0.2) is 9.84 Å². The van der Waals surface area contributed by atoms with E-state index in [-0.39, 0.29) is 29.6 Å². The fourth-order valence-corrected chi connectivity index (χ4v) is 3.57. The molecule has 16 heavy (non-hydrogen) atoms. The Morgan fingerprint density at radius 2 is 2.19 bits per heavy atom. The molecular formula is C10H19NO4S. The molecule has 0 spiro atoms. The van der Waals surface area contributed by atoms with Crippen LogP contribution in [0.15, 0.2) is 0 Å². The van der Waals surface area contributed by atoms with Gasteiger partial charge in [0, 0.05) is 12.6 Å². The Labute approximate surface area is 96.7 Å². The van der Waals surface area contributed by atoms with Gasteiger partial charge in [-0.05, 0) is 20.8 Å². The summed E-state index contributed by atoms with van der Waals surface area (Å²) in [6, 6.07) is -0.497. The molecule has 0 amide bonds. The Morgan fingerprint density at radius 3 is 2.69 bits per heavy atom. The zero-order valence-electron chi connectivity index (χ0n) is 9.97. The van der Waals surface area contributed by atoms with E-state index in [0.717, 1.165) is 0 Å². The molecule has 0 saturated carbocycles. The second kappa shape index (κ2) is 5.14. The Hall–Kier alpha value is -0.620. The van der Waals surface area contributed by atoms with Gasteiger partial charge >= 0.3 is 5.97 Å². The van der Waals surface area contributed by atoms with E-state index in [4.69, 9.17) is 4.74 Å². The SMILES string of the molecule is CCOC(=O)C(C)N1CCS(=O)(=O)CC1C. The molecule has 0 aromatic carbocycles. The van der Waals surface area contributed by atoms with Gasteiger partial charge in [-0.1, -0.05) is 0 Å². The molecule has 0 N–H and O–H groups in total. The van der Waals surface area contributed by atoms with E-state index in [2.05, 4.69) is 0 Å². The second-order valence-electron chi connectivity index (χ2n) is 4.13. The van der Waals surface area contributed by atoms with Gasteiger partial charge in [0.2, 0.25) is 0 Å². The monoisotopic (exact) mass is 249 g/mol. The number of carbonyl (C=O) groups excluding carboxylic acids is 1. The van der Waals surface area contributed by atoms with Crippen molar-refractivity contribution >= 4 is 15.8 Å². The first kappa shape index (κ1) is 13.4. The summed E-state index contributed by atoms with van der Waals surface area (Å²) in [6.07, 6.45) is 0. The average molecular weight is 249 g/mol. The van der Waals surface area contributed by atoms with Crippen molar-refractivity contribution in [3.8, 4) is 0 Å². The van der Waals surface area contributed by atoms with E-state index in [1.165, 1.54) is 0 Å². The number of nitrogens with zero attached hydrogens (tertiary/aromatic N) is 1. The van der Waals surface area contributed by atoms with Crippen LogP contribution in [0.4, 0.5) is 0 Å². The number of rotatable bonds is 3. The summed E-state index contributed by atoms with van der Waals surface area (Å²) in [5, 5.41) is 0. The van der Waals surface area contributed by atoms with Gasteiger partial charge < -0.3 is 4.74 Å². The smallest absolute Gasteiger partial charge is 0.323 e. The van der Waals surface area contributed by atoms with Gasteiger partial charge in [-0.2, -0.15) is 0 Å². The van der Waals surface area contributed by atoms with Crippen LogP contribution in [0.1, 0.15) is 20.8 Å². The predicted octanol–water partition coefficient (Wildman–Crippen LogP) is 0.0569. The largest absolute Gasteiger partial charge is 0.465 e. The topological polar surface area (TPSA) is 63.7 Å². The second-order valence-corrected chi connectivity index (χ2v) is 6.36. The molecule has 1 saturated heterocycles. The molecular weight excluding hydrogens is 230 g/mol. The highest BCUT2D eigenvalue weighted by Gasteiger charge is 2.34. The molecule has 0 aromatic rings. The fraction of sp³-hybridized carbons (Fsp3) is 0.900. The summed E-state index contributed by atoms with van der Waals surface area (Å²) in [5.41, 5.74) is 0. The molecule has 0 aliphatic carbocycles. The summed E-state index contributed by atoms with van der Waals surface area (Å²) in [7, 11) is -2.93. The van der Waals surface area contributed by atoms with Crippen LogP contribution in [0.3, 0.4) is 0 Å². The van der Waals surface area contributed by atoms with Gasteiger partial charge in [0.05, 0.1) is 18.1 Å². The summed E-state index contributed by atoms with van der Waals surface area (Å²) < 4.78 is 27.7. The Morgan fingerprint density at radius 1 is 1.56 bits per heavy atom. The third kappa shape index (κ3) is 3.18. The Balaban J connectivity index is 2.65. The Kier molecular flexibility index (Phi) is 4.32. The number of hydrogen-bond acceptors (Lipinski definition) is 5. The molecule has 2 atom stereocenters. The first-order chi connectivity index (χ1) is 7.37. The number of esters is 1. The number of ether oxygens (including phenoxy) is 1. The maximum atomic E-state index is 11.5. The molecule has 0 bridgehead atoms. The fourth-order valence-electron chi connectivity index (χ4n) is 1.99. The minimum atomic E-state index is -2.93. The minimum Gasteiger partial charge on any atom is -0.465 e. The molecule has 1 fully saturated rings. The highest BCUT2D eigenvalue weighted by Crippen LogP contribution is 2.15. The quantitative estimate of drug-likeness (QED) is 0.662. The molecule has 0 aromatic heterocycles. The van der Waals surface area contributed by atoms with Crippen molar-refractivity contribution in [2.45, 2.75) is 32.9 Å². The first-order valence-corrected chi connectivity index (χ1v) is 7.32. The van der Waals surface area contributed by atoms with E-state index >= 15 is 0 Å². The predicted molar refractivity (Wildman–Crippen MR) is 60.9 cm³/mol.